The molecule has 0 amide bonds. The van der Waals surface area contributed by atoms with Crippen LogP contribution in [0.4, 0.5) is 8.78 Å². The number of carbonyl (C=O) groups is 1. The van der Waals surface area contributed by atoms with Gasteiger partial charge >= 0.3 is 5.97 Å². The van der Waals surface area contributed by atoms with Crippen LogP contribution in [0.2, 0.25) is 0 Å². The Morgan fingerprint density at radius 1 is 1.24 bits per heavy atom. The van der Waals surface area contributed by atoms with E-state index in [-0.39, 0.29) is 6.10 Å². The van der Waals surface area contributed by atoms with Gasteiger partial charge in [0.2, 0.25) is 0 Å². The number of hydrogen-bond acceptors (Lipinski definition) is 3. The van der Waals surface area contributed by atoms with Crippen molar-refractivity contribution < 1.29 is 18.3 Å². The van der Waals surface area contributed by atoms with Gasteiger partial charge in [-0.2, -0.15) is 0 Å². The predicted molar refractivity (Wildman–Crippen MR) is 91.0 cm³/mol. The van der Waals surface area contributed by atoms with Crippen LogP contribution in [-0.2, 0) is 11.3 Å². The number of para-hydroxylation sites is 1. The molecule has 0 spiro atoms. The number of carbonyl (C=O) groups excluding carboxylic acids is 1. The Kier molecular flexibility index (Phi) is 4.23. The average molecular weight is 348 g/mol. The molecule has 0 unspecified atom stereocenters. The molecule has 25 heavy (non-hydrogen) atoms. The van der Waals surface area contributed by atoms with Gasteiger partial charge in [0.15, 0.2) is 0 Å². The molecule has 0 radical (unpaired) electrons. The molecule has 134 valence electrons. The molecule has 3 atom stereocenters. The standard InChI is InChI=1S/C19H22F2N2O2/c1-22-12-6-7-13(22)9-14(8-12)25-19(24)16-10-23(11-18(20)21)17-5-3-2-4-15(16)17/h2-5,10,12-14,18H,6-9,11H2,1H3/t12-,13+,14-. The summed E-state index contributed by atoms with van der Waals surface area (Å²) in [4.78, 5) is 15.1. The first kappa shape index (κ1) is 16.5. The molecule has 0 aliphatic carbocycles. The lowest BCUT2D eigenvalue weighted by molar-refractivity contribution is -0.000317. The average Bonchev–Trinajstić information content (AvgIpc) is 3.01. The van der Waals surface area contributed by atoms with Gasteiger partial charge in [0.05, 0.1) is 12.1 Å². The van der Waals surface area contributed by atoms with Gasteiger partial charge in [0.25, 0.3) is 6.43 Å². The van der Waals surface area contributed by atoms with Crippen molar-refractivity contribution in [3.63, 3.8) is 0 Å². The molecule has 0 saturated carbocycles. The maximum atomic E-state index is 12.8. The second-order valence-corrected chi connectivity index (χ2v) is 7.15. The molecule has 2 aliphatic rings. The molecule has 2 bridgehead atoms. The Bertz CT molecular complexity index is 775. The number of halogens is 2. The first-order valence-electron chi connectivity index (χ1n) is 8.82. The van der Waals surface area contributed by atoms with E-state index in [0.29, 0.717) is 28.6 Å². The zero-order valence-electron chi connectivity index (χ0n) is 14.2. The topological polar surface area (TPSA) is 34.5 Å². The molecule has 2 aliphatic heterocycles. The molecule has 3 heterocycles. The lowest BCUT2D eigenvalue weighted by Gasteiger charge is -2.35. The van der Waals surface area contributed by atoms with Crippen LogP contribution in [0.5, 0.6) is 0 Å². The van der Waals surface area contributed by atoms with E-state index >= 15 is 0 Å². The summed E-state index contributed by atoms with van der Waals surface area (Å²) in [7, 11) is 2.14. The summed E-state index contributed by atoms with van der Waals surface area (Å²) in [5.41, 5.74) is 1.01. The predicted octanol–water partition coefficient (Wildman–Crippen LogP) is 3.69. The molecular weight excluding hydrogens is 326 g/mol. The summed E-state index contributed by atoms with van der Waals surface area (Å²) in [6.07, 6.45) is 2.97. The van der Waals surface area contributed by atoms with Gasteiger partial charge in [-0.25, -0.2) is 13.6 Å². The number of piperidine rings is 1. The zero-order chi connectivity index (χ0) is 17.6. The van der Waals surface area contributed by atoms with E-state index < -0.39 is 18.9 Å². The minimum absolute atomic E-state index is 0.0848. The number of esters is 1. The Morgan fingerprint density at radius 2 is 1.92 bits per heavy atom. The van der Waals surface area contributed by atoms with Gasteiger partial charge in [-0.05, 0) is 26.0 Å². The fraction of sp³-hybridized carbons (Fsp3) is 0.526. The van der Waals surface area contributed by atoms with Crippen molar-refractivity contribution in [3.05, 3.63) is 36.0 Å². The van der Waals surface area contributed by atoms with Crippen LogP contribution >= 0.6 is 0 Å². The number of fused-ring (bicyclic) bond motifs is 3. The SMILES string of the molecule is CN1[C@@H]2CC[C@H]1C[C@H](OC(=O)c1cn(CC(F)F)c3ccccc13)C2. The maximum Gasteiger partial charge on any atom is 0.340 e. The van der Waals surface area contributed by atoms with Crippen LogP contribution in [0.15, 0.2) is 30.5 Å². The van der Waals surface area contributed by atoms with Crippen molar-refractivity contribution in [1.82, 2.24) is 9.47 Å². The Hall–Kier alpha value is -1.95. The smallest absolute Gasteiger partial charge is 0.340 e. The first-order chi connectivity index (χ1) is 12.0. The van der Waals surface area contributed by atoms with Gasteiger partial charge in [0.1, 0.15) is 6.10 Å². The summed E-state index contributed by atoms with van der Waals surface area (Å²) in [5, 5.41) is 0.670. The lowest BCUT2D eigenvalue weighted by atomic mass is 10.0. The monoisotopic (exact) mass is 348 g/mol. The largest absolute Gasteiger partial charge is 0.459 e. The lowest BCUT2D eigenvalue weighted by Crippen LogP contribution is -2.43. The van der Waals surface area contributed by atoms with E-state index in [4.69, 9.17) is 4.74 Å². The highest BCUT2D eigenvalue weighted by Gasteiger charge is 2.40. The highest BCUT2D eigenvalue weighted by atomic mass is 19.3. The van der Waals surface area contributed by atoms with Crippen molar-refractivity contribution in [2.75, 3.05) is 7.05 Å². The fourth-order valence-corrected chi connectivity index (χ4v) is 4.38. The summed E-state index contributed by atoms with van der Waals surface area (Å²) in [6, 6.07) is 8.10. The van der Waals surface area contributed by atoms with Gasteiger partial charge in [-0.3, -0.25) is 0 Å². The number of hydrogen-bond donors (Lipinski definition) is 0. The van der Waals surface area contributed by atoms with Crippen molar-refractivity contribution in [3.8, 4) is 0 Å². The number of ether oxygens (including phenoxy) is 1. The molecule has 2 fully saturated rings. The number of alkyl halides is 2. The Morgan fingerprint density at radius 3 is 2.60 bits per heavy atom. The van der Waals surface area contributed by atoms with Crippen molar-refractivity contribution in [1.29, 1.82) is 0 Å². The minimum atomic E-state index is -2.47. The normalized spacial score (nSPS) is 26.5. The molecule has 4 rings (SSSR count). The number of rotatable bonds is 4. The minimum Gasteiger partial charge on any atom is -0.459 e. The first-order valence-corrected chi connectivity index (χ1v) is 8.82. The second-order valence-electron chi connectivity index (χ2n) is 7.15. The third kappa shape index (κ3) is 3.03. The van der Waals surface area contributed by atoms with Gasteiger partial charge in [0, 0.05) is 42.0 Å². The second kappa shape index (κ2) is 6.41. The Balaban J connectivity index is 1.56. The fourth-order valence-electron chi connectivity index (χ4n) is 4.38. The summed E-state index contributed by atoms with van der Waals surface area (Å²) < 4.78 is 32.8. The molecule has 6 heteroatoms. The Labute approximate surface area is 145 Å². The summed E-state index contributed by atoms with van der Waals surface area (Å²) in [6.45, 7) is -0.424. The molecule has 1 aromatic carbocycles. The number of nitrogens with zero attached hydrogens (tertiary/aromatic N) is 2. The molecule has 1 aromatic heterocycles. The highest BCUT2D eigenvalue weighted by molar-refractivity contribution is 6.04. The van der Waals surface area contributed by atoms with E-state index in [2.05, 4.69) is 11.9 Å². The van der Waals surface area contributed by atoms with Crippen LogP contribution in [0, 0.1) is 0 Å². The maximum absolute atomic E-state index is 12.8. The molecule has 2 saturated heterocycles. The van der Waals surface area contributed by atoms with Crippen molar-refractivity contribution in [2.45, 2.75) is 56.8 Å². The van der Waals surface area contributed by atoms with Crippen molar-refractivity contribution in [2.24, 2.45) is 0 Å². The van der Waals surface area contributed by atoms with E-state index in [1.165, 1.54) is 10.8 Å². The highest BCUT2D eigenvalue weighted by Crippen LogP contribution is 2.36. The van der Waals surface area contributed by atoms with Gasteiger partial charge < -0.3 is 14.2 Å². The molecule has 0 N–H and O–H groups in total. The third-order valence-electron chi connectivity index (χ3n) is 5.67. The zero-order valence-corrected chi connectivity index (χ0v) is 14.2. The van der Waals surface area contributed by atoms with E-state index in [9.17, 15) is 13.6 Å². The van der Waals surface area contributed by atoms with Crippen LogP contribution in [0.3, 0.4) is 0 Å². The number of benzene rings is 1. The quantitative estimate of drug-likeness (QED) is 0.791. The molecular formula is C19H22F2N2O2. The summed E-state index contributed by atoms with van der Waals surface area (Å²) >= 11 is 0. The van der Waals surface area contributed by atoms with E-state index in [1.807, 2.05) is 6.07 Å². The molecule has 2 aromatic rings. The van der Waals surface area contributed by atoms with Crippen LogP contribution in [-0.4, -0.2) is 47.1 Å². The van der Waals surface area contributed by atoms with Gasteiger partial charge in [-0.1, -0.05) is 18.2 Å². The van der Waals surface area contributed by atoms with E-state index in [0.717, 1.165) is 25.7 Å². The van der Waals surface area contributed by atoms with Crippen LogP contribution in [0.1, 0.15) is 36.0 Å². The number of aromatic nitrogens is 1. The third-order valence-corrected chi connectivity index (χ3v) is 5.67. The van der Waals surface area contributed by atoms with Gasteiger partial charge in [-0.15, -0.1) is 0 Å². The summed E-state index contributed by atoms with van der Waals surface area (Å²) in [5.74, 6) is -0.404. The van der Waals surface area contributed by atoms with E-state index in [1.54, 1.807) is 18.2 Å². The van der Waals surface area contributed by atoms with Crippen LogP contribution in [0.25, 0.3) is 10.9 Å². The molecule has 4 nitrogen and oxygen atoms in total. The van der Waals surface area contributed by atoms with Crippen molar-refractivity contribution >= 4 is 16.9 Å². The van der Waals surface area contributed by atoms with Crippen LogP contribution < -0.4 is 0 Å².